The van der Waals surface area contributed by atoms with E-state index in [-0.39, 0.29) is 5.84 Å². The number of halogens is 3. The summed E-state index contributed by atoms with van der Waals surface area (Å²) in [7, 11) is 0. The van der Waals surface area contributed by atoms with Crippen LogP contribution in [0.15, 0.2) is 17.3 Å². The Balaban J connectivity index is 2.96. The normalized spacial score (nSPS) is 13.2. The fraction of sp³-hybridized carbons (Fsp3) is 0.200. The Morgan fingerprint density at radius 1 is 1.39 bits per heavy atom. The molecule has 0 aliphatic rings. The fourth-order valence-electron chi connectivity index (χ4n) is 1.14. The highest BCUT2D eigenvalue weighted by atomic mass is 19.2. The maximum absolute atomic E-state index is 13.3. The van der Waals surface area contributed by atoms with Crippen molar-refractivity contribution in [2.45, 2.75) is 13.0 Å². The van der Waals surface area contributed by atoms with Gasteiger partial charge in [-0.15, -0.1) is 0 Å². The Morgan fingerprint density at radius 2 is 2.00 bits per heavy atom. The lowest BCUT2D eigenvalue weighted by molar-refractivity contribution is 0.0943. The molecule has 0 aliphatic carbocycles. The van der Waals surface area contributed by atoms with Crippen molar-refractivity contribution in [3.63, 3.8) is 0 Å². The van der Waals surface area contributed by atoms with Crippen LogP contribution in [0.4, 0.5) is 13.2 Å². The predicted octanol–water partition coefficient (Wildman–Crippen LogP) is 0.969. The molecule has 1 amide bonds. The zero-order valence-electron chi connectivity index (χ0n) is 9.25. The second-order valence-electron chi connectivity index (χ2n) is 3.44. The van der Waals surface area contributed by atoms with Gasteiger partial charge in [-0.05, 0) is 19.1 Å². The molecule has 1 aromatic carbocycles. The second-order valence-corrected chi connectivity index (χ2v) is 3.44. The van der Waals surface area contributed by atoms with Crippen molar-refractivity contribution in [3.8, 4) is 0 Å². The minimum Gasteiger partial charge on any atom is -0.409 e. The maximum atomic E-state index is 13.3. The first-order chi connectivity index (χ1) is 8.38. The number of amides is 1. The van der Waals surface area contributed by atoms with E-state index in [9.17, 15) is 18.0 Å². The van der Waals surface area contributed by atoms with Crippen molar-refractivity contribution in [3.05, 3.63) is 35.1 Å². The third kappa shape index (κ3) is 2.70. The molecule has 1 unspecified atom stereocenters. The molecule has 0 fully saturated rings. The number of hydrogen-bond acceptors (Lipinski definition) is 3. The number of nitrogens with one attached hydrogen (secondary N) is 1. The number of hydrogen-bond donors (Lipinski definition) is 3. The van der Waals surface area contributed by atoms with E-state index in [1.807, 2.05) is 0 Å². The van der Waals surface area contributed by atoms with Crippen molar-refractivity contribution in [2.24, 2.45) is 10.9 Å². The molecular formula is C10H10F3N3O2. The number of carbonyl (C=O) groups is 1. The van der Waals surface area contributed by atoms with Gasteiger partial charge in [-0.1, -0.05) is 5.16 Å². The van der Waals surface area contributed by atoms with Crippen LogP contribution in [0.2, 0.25) is 0 Å². The van der Waals surface area contributed by atoms with Gasteiger partial charge < -0.3 is 16.3 Å². The van der Waals surface area contributed by atoms with Gasteiger partial charge in [0, 0.05) is 0 Å². The van der Waals surface area contributed by atoms with Crippen molar-refractivity contribution in [1.82, 2.24) is 5.32 Å². The van der Waals surface area contributed by atoms with Crippen LogP contribution in [0.3, 0.4) is 0 Å². The number of nitrogens with zero attached hydrogens (tertiary/aromatic N) is 1. The van der Waals surface area contributed by atoms with Crippen LogP contribution in [0.25, 0.3) is 0 Å². The fourth-order valence-corrected chi connectivity index (χ4v) is 1.14. The average Bonchev–Trinajstić information content (AvgIpc) is 2.34. The summed E-state index contributed by atoms with van der Waals surface area (Å²) in [6, 6.07) is 0.527. The van der Waals surface area contributed by atoms with E-state index in [1.165, 1.54) is 6.92 Å². The maximum Gasteiger partial charge on any atom is 0.254 e. The van der Waals surface area contributed by atoms with E-state index in [2.05, 4.69) is 10.5 Å². The zero-order chi connectivity index (χ0) is 13.9. The van der Waals surface area contributed by atoms with E-state index in [4.69, 9.17) is 10.9 Å². The number of benzene rings is 1. The van der Waals surface area contributed by atoms with E-state index < -0.39 is 35.0 Å². The first-order valence-corrected chi connectivity index (χ1v) is 4.80. The Bertz CT molecular complexity index is 505. The van der Waals surface area contributed by atoms with Gasteiger partial charge >= 0.3 is 0 Å². The molecule has 1 atom stereocenters. The molecule has 0 spiro atoms. The topological polar surface area (TPSA) is 87.7 Å². The zero-order valence-corrected chi connectivity index (χ0v) is 9.25. The van der Waals surface area contributed by atoms with Crippen LogP contribution in [0.1, 0.15) is 17.3 Å². The molecule has 98 valence electrons. The molecule has 4 N–H and O–H groups in total. The molecular weight excluding hydrogens is 251 g/mol. The molecule has 0 aliphatic heterocycles. The SMILES string of the molecule is CC(NC(=O)c1ccc(F)c(F)c1F)C(N)=NO. The molecule has 1 aromatic rings. The second kappa shape index (κ2) is 5.39. The number of rotatable bonds is 3. The van der Waals surface area contributed by atoms with Crippen LogP contribution in [-0.2, 0) is 0 Å². The lowest BCUT2D eigenvalue weighted by Crippen LogP contribution is -2.42. The molecule has 0 aromatic heterocycles. The highest BCUT2D eigenvalue weighted by Crippen LogP contribution is 2.15. The predicted molar refractivity (Wildman–Crippen MR) is 56.7 cm³/mol. The Morgan fingerprint density at radius 3 is 2.56 bits per heavy atom. The van der Waals surface area contributed by atoms with Crippen molar-refractivity contribution in [1.29, 1.82) is 0 Å². The number of amidine groups is 1. The molecule has 0 saturated carbocycles. The third-order valence-corrected chi connectivity index (χ3v) is 2.19. The van der Waals surface area contributed by atoms with Gasteiger partial charge in [0.2, 0.25) is 0 Å². The van der Waals surface area contributed by atoms with Crippen LogP contribution in [0.5, 0.6) is 0 Å². The summed E-state index contributed by atoms with van der Waals surface area (Å²) in [5.41, 5.74) is 4.52. The van der Waals surface area contributed by atoms with Gasteiger partial charge in [-0.2, -0.15) is 0 Å². The summed E-state index contributed by atoms with van der Waals surface area (Å²) in [5, 5.41) is 13.1. The Kier molecular flexibility index (Phi) is 4.13. The first kappa shape index (κ1) is 13.8. The third-order valence-electron chi connectivity index (χ3n) is 2.19. The molecule has 5 nitrogen and oxygen atoms in total. The van der Waals surface area contributed by atoms with Crippen LogP contribution >= 0.6 is 0 Å². The number of carbonyl (C=O) groups excluding carboxylic acids is 1. The van der Waals surface area contributed by atoms with E-state index in [0.29, 0.717) is 6.07 Å². The average molecular weight is 261 g/mol. The number of nitrogens with two attached hydrogens (primary N) is 1. The largest absolute Gasteiger partial charge is 0.409 e. The van der Waals surface area contributed by atoms with Crippen molar-refractivity contribution < 1.29 is 23.2 Å². The molecule has 0 heterocycles. The van der Waals surface area contributed by atoms with Gasteiger partial charge in [0.15, 0.2) is 23.3 Å². The highest BCUT2D eigenvalue weighted by Gasteiger charge is 2.20. The van der Waals surface area contributed by atoms with Gasteiger partial charge in [-0.3, -0.25) is 4.79 Å². The summed E-state index contributed by atoms with van der Waals surface area (Å²) >= 11 is 0. The van der Waals surface area contributed by atoms with E-state index in [0.717, 1.165) is 6.07 Å². The van der Waals surface area contributed by atoms with E-state index >= 15 is 0 Å². The molecule has 8 heteroatoms. The monoisotopic (exact) mass is 261 g/mol. The van der Waals surface area contributed by atoms with Crippen molar-refractivity contribution in [2.75, 3.05) is 0 Å². The molecule has 18 heavy (non-hydrogen) atoms. The summed E-state index contributed by atoms with van der Waals surface area (Å²) in [5.74, 6) is -6.05. The summed E-state index contributed by atoms with van der Waals surface area (Å²) in [4.78, 5) is 11.5. The molecule has 1 rings (SSSR count). The lowest BCUT2D eigenvalue weighted by Gasteiger charge is -2.12. The quantitative estimate of drug-likeness (QED) is 0.249. The minimum absolute atomic E-state index is 0.314. The summed E-state index contributed by atoms with van der Waals surface area (Å²) < 4.78 is 38.8. The van der Waals surface area contributed by atoms with Crippen LogP contribution < -0.4 is 11.1 Å². The van der Waals surface area contributed by atoms with Gasteiger partial charge in [0.25, 0.3) is 5.91 Å². The molecule has 0 bridgehead atoms. The smallest absolute Gasteiger partial charge is 0.254 e. The first-order valence-electron chi connectivity index (χ1n) is 4.80. The van der Waals surface area contributed by atoms with Crippen LogP contribution in [-0.4, -0.2) is 23.0 Å². The van der Waals surface area contributed by atoms with Crippen LogP contribution in [0, 0.1) is 17.5 Å². The van der Waals surface area contributed by atoms with Gasteiger partial charge in [-0.25, -0.2) is 13.2 Å². The Labute approximate surface area is 100 Å². The van der Waals surface area contributed by atoms with Gasteiger partial charge in [0.05, 0.1) is 11.6 Å². The summed E-state index contributed by atoms with van der Waals surface area (Å²) in [6.45, 7) is 1.37. The number of oxime groups is 1. The Hall–Kier alpha value is -2.25. The molecule has 0 radical (unpaired) electrons. The standard InChI is InChI=1S/C10H10F3N3O2/c1-4(9(14)16-18)15-10(17)5-2-3-6(11)8(13)7(5)12/h2-4,18H,1H3,(H2,14,16)(H,15,17). The minimum atomic E-state index is -1.74. The highest BCUT2D eigenvalue weighted by molar-refractivity contribution is 5.98. The molecule has 0 saturated heterocycles. The van der Waals surface area contributed by atoms with Crippen molar-refractivity contribution >= 4 is 11.7 Å². The van der Waals surface area contributed by atoms with Gasteiger partial charge in [0.1, 0.15) is 0 Å². The lowest BCUT2D eigenvalue weighted by atomic mass is 10.1. The van der Waals surface area contributed by atoms with E-state index in [1.54, 1.807) is 0 Å². The summed E-state index contributed by atoms with van der Waals surface area (Å²) in [6.07, 6.45) is 0.